The van der Waals surface area contributed by atoms with Crippen LogP contribution in [0.25, 0.3) is 11.0 Å². The van der Waals surface area contributed by atoms with E-state index in [1.165, 1.54) is 0 Å². The lowest BCUT2D eigenvalue weighted by Gasteiger charge is -2.06. The van der Waals surface area contributed by atoms with Gasteiger partial charge in [0.15, 0.2) is 0 Å². The highest BCUT2D eigenvalue weighted by Crippen LogP contribution is 2.24. The van der Waals surface area contributed by atoms with Crippen LogP contribution in [0, 0.1) is 0 Å². The van der Waals surface area contributed by atoms with Gasteiger partial charge in [-0.15, -0.1) is 0 Å². The number of aryl methyl sites for hydroxylation is 1. The van der Waals surface area contributed by atoms with E-state index in [1.807, 2.05) is 18.2 Å². The van der Waals surface area contributed by atoms with Crippen molar-refractivity contribution in [2.45, 2.75) is 26.4 Å². The van der Waals surface area contributed by atoms with Crippen LogP contribution < -0.4 is 5.73 Å². The average molecular weight is 224 g/mol. The van der Waals surface area contributed by atoms with Crippen molar-refractivity contribution >= 4 is 22.6 Å². The van der Waals surface area contributed by atoms with E-state index in [0.717, 1.165) is 34.8 Å². The van der Waals surface area contributed by atoms with Gasteiger partial charge in [-0.3, -0.25) is 0 Å². The third-order valence-corrected chi connectivity index (χ3v) is 2.73. The molecule has 2 rings (SSSR count). The Balaban J connectivity index is 2.70. The quantitative estimate of drug-likeness (QED) is 0.869. The molecule has 0 unspecified atom stereocenters. The van der Waals surface area contributed by atoms with Gasteiger partial charge in [-0.1, -0.05) is 24.6 Å². The van der Waals surface area contributed by atoms with Gasteiger partial charge in [-0.25, -0.2) is 4.98 Å². The second-order valence-corrected chi connectivity index (χ2v) is 3.90. The Labute approximate surface area is 93.9 Å². The van der Waals surface area contributed by atoms with Crippen molar-refractivity contribution in [1.29, 1.82) is 0 Å². The first-order valence-electron chi connectivity index (χ1n) is 5.11. The summed E-state index contributed by atoms with van der Waals surface area (Å²) in [4.78, 5) is 4.46. The minimum Gasteiger partial charge on any atom is -0.326 e. The Morgan fingerprint density at radius 2 is 2.27 bits per heavy atom. The number of nitrogens with two attached hydrogens (primary N) is 1. The normalized spacial score (nSPS) is 11.1. The molecular weight excluding hydrogens is 210 g/mol. The molecule has 1 heterocycles. The van der Waals surface area contributed by atoms with Crippen LogP contribution in [0.1, 0.15) is 19.2 Å². The van der Waals surface area contributed by atoms with E-state index >= 15 is 0 Å². The molecule has 0 atom stereocenters. The Morgan fingerprint density at radius 1 is 1.47 bits per heavy atom. The van der Waals surface area contributed by atoms with Gasteiger partial charge >= 0.3 is 0 Å². The minimum atomic E-state index is 0.449. The topological polar surface area (TPSA) is 43.8 Å². The molecule has 0 bridgehead atoms. The van der Waals surface area contributed by atoms with Gasteiger partial charge in [0.05, 0.1) is 22.6 Å². The molecule has 0 saturated heterocycles. The Kier molecular flexibility index (Phi) is 2.93. The first-order valence-corrected chi connectivity index (χ1v) is 5.49. The second kappa shape index (κ2) is 4.21. The molecule has 0 amide bonds. The van der Waals surface area contributed by atoms with E-state index < -0.39 is 0 Å². The van der Waals surface area contributed by atoms with Crippen LogP contribution in [0.5, 0.6) is 0 Å². The van der Waals surface area contributed by atoms with Crippen LogP contribution in [-0.2, 0) is 13.1 Å². The molecule has 2 N–H and O–H groups in total. The summed E-state index contributed by atoms with van der Waals surface area (Å²) in [6, 6.07) is 5.76. The number of aromatic nitrogens is 2. The lowest BCUT2D eigenvalue weighted by atomic mass is 10.3. The molecule has 2 aromatic rings. The predicted molar refractivity (Wildman–Crippen MR) is 62.9 cm³/mol. The van der Waals surface area contributed by atoms with Crippen molar-refractivity contribution in [2.24, 2.45) is 5.73 Å². The number of hydrogen-bond donors (Lipinski definition) is 1. The number of nitrogens with zero attached hydrogens (tertiary/aromatic N) is 2. The average Bonchev–Trinajstić information content (AvgIpc) is 2.58. The first kappa shape index (κ1) is 10.5. The molecule has 4 heteroatoms. The zero-order valence-corrected chi connectivity index (χ0v) is 9.46. The van der Waals surface area contributed by atoms with Crippen molar-refractivity contribution in [3.63, 3.8) is 0 Å². The number of fused-ring (bicyclic) bond motifs is 1. The van der Waals surface area contributed by atoms with Crippen molar-refractivity contribution < 1.29 is 0 Å². The summed E-state index contributed by atoms with van der Waals surface area (Å²) in [6.45, 7) is 3.49. The zero-order valence-electron chi connectivity index (χ0n) is 8.70. The van der Waals surface area contributed by atoms with Gasteiger partial charge in [0.2, 0.25) is 0 Å². The van der Waals surface area contributed by atoms with Gasteiger partial charge in [0.1, 0.15) is 5.82 Å². The van der Waals surface area contributed by atoms with Gasteiger partial charge in [-0.05, 0) is 18.6 Å². The van der Waals surface area contributed by atoms with Crippen molar-refractivity contribution in [3.8, 4) is 0 Å². The molecule has 0 radical (unpaired) electrons. The summed E-state index contributed by atoms with van der Waals surface area (Å²) in [5.41, 5.74) is 7.60. The SMILES string of the molecule is CCCn1c(CN)nc2cccc(Cl)c21. The van der Waals surface area contributed by atoms with Crippen LogP contribution in [0.3, 0.4) is 0 Å². The molecule has 0 aliphatic rings. The summed E-state index contributed by atoms with van der Waals surface area (Å²) < 4.78 is 2.11. The molecule has 0 aliphatic heterocycles. The van der Waals surface area contributed by atoms with E-state index in [4.69, 9.17) is 17.3 Å². The summed E-state index contributed by atoms with van der Waals surface area (Å²) in [6.07, 6.45) is 1.05. The lowest BCUT2D eigenvalue weighted by Crippen LogP contribution is -2.08. The maximum Gasteiger partial charge on any atom is 0.123 e. The molecule has 1 aromatic carbocycles. The van der Waals surface area contributed by atoms with Crippen LogP contribution in [0.4, 0.5) is 0 Å². The fourth-order valence-electron chi connectivity index (χ4n) is 1.81. The van der Waals surface area contributed by atoms with Crippen molar-refractivity contribution in [1.82, 2.24) is 9.55 Å². The molecule has 0 aliphatic carbocycles. The molecule has 0 spiro atoms. The first-order chi connectivity index (χ1) is 7.27. The molecule has 15 heavy (non-hydrogen) atoms. The number of rotatable bonds is 3. The summed E-state index contributed by atoms with van der Waals surface area (Å²) >= 11 is 6.17. The number of imidazole rings is 1. The Morgan fingerprint density at radius 3 is 2.93 bits per heavy atom. The van der Waals surface area contributed by atoms with Crippen molar-refractivity contribution in [3.05, 3.63) is 29.0 Å². The Hall–Kier alpha value is -1.06. The van der Waals surface area contributed by atoms with Crippen LogP contribution in [0.2, 0.25) is 5.02 Å². The van der Waals surface area contributed by atoms with E-state index in [1.54, 1.807) is 0 Å². The zero-order chi connectivity index (χ0) is 10.8. The number of benzene rings is 1. The summed E-state index contributed by atoms with van der Waals surface area (Å²) in [7, 11) is 0. The second-order valence-electron chi connectivity index (χ2n) is 3.49. The lowest BCUT2D eigenvalue weighted by molar-refractivity contribution is 0.655. The molecule has 80 valence electrons. The summed E-state index contributed by atoms with van der Waals surface area (Å²) in [5, 5.41) is 0.744. The van der Waals surface area contributed by atoms with Crippen LogP contribution in [-0.4, -0.2) is 9.55 Å². The van der Waals surface area contributed by atoms with E-state index in [-0.39, 0.29) is 0 Å². The van der Waals surface area contributed by atoms with Gasteiger partial charge < -0.3 is 10.3 Å². The molecule has 0 fully saturated rings. The highest BCUT2D eigenvalue weighted by atomic mass is 35.5. The van der Waals surface area contributed by atoms with Gasteiger partial charge in [0, 0.05) is 6.54 Å². The number of hydrogen-bond acceptors (Lipinski definition) is 2. The van der Waals surface area contributed by atoms with E-state index in [2.05, 4.69) is 16.5 Å². The maximum absolute atomic E-state index is 6.17. The van der Waals surface area contributed by atoms with Crippen LogP contribution in [0.15, 0.2) is 18.2 Å². The highest BCUT2D eigenvalue weighted by molar-refractivity contribution is 6.35. The predicted octanol–water partition coefficient (Wildman–Crippen LogP) is 2.56. The molecule has 1 aromatic heterocycles. The fourth-order valence-corrected chi connectivity index (χ4v) is 2.08. The number of halogens is 1. The van der Waals surface area contributed by atoms with Crippen molar-refractivity contribution in [2.75, 3.05) is 0 Å². The molecule has 0 saturated carbocycles. The highest BCUT2D eigenvalue weighted by Gasteiger charge is 2.10. The van der Waals surface area contributed by atoms with E-state index in [9.17, 15) is 0 Å². The van der Waals surface area contributed by atoms with Crippen LogP contribution >= 0.6 is 11.6 Å². The molecule has 3 nitrogen and oxygen atoms in total. The van der Waals surface area contributed by atoms with Gasteiger partial charge in [0.25, 0.3) is 0 Å². The summed E-state index contributed by atoms with van der Waals surface area (Å²) in [5.74, 6) is 0.903. The Bertz CT molecular complexity index is 476. The third-order valence-electron chi connectivity index (χ3n) is 2.43. The smallest absolute Gasteiger partial charge is 0.123 e. The monoisotopic (exact) mass is 223 g/mol. The number of para-hydroxylation sites is 1. The largest absolute Gasteiger partial charge is 0.326 e. The third kappa shape index (κ3) is 1.73. The standard InChI is InChI=1S/C11H14ClN3/c1-2-6-15-10(7-13)14-9-5-3-4-8(12)11(9)15/h3-5H,2,6-7,13H2,1H3. The maximum atomic E-state index is 6.17. The van der Waals surface area contributed by atoms with E-state index in [0.29, 0.717) is 6.54 Å². The fraction of sp³-hybridized carbons (Fsp3) is 0.364. The minimum absolute atomic E-state index is 0.449. The molecular formula is C11H14ClN3. The van der Waals surface area contributed by atoms with Gasteiger partial charge in [-0.2, -0.15) is 0 Å².